The van der Waals surface area contributed by atoms with E-state index < -0.39 is 0 Å². The maximum absolute atomic E-state index is 5.82. The van der Waals surface area contributed by atoms with Crippen molar-refractivity contribution in [2.45, 2.75) is 33.9 Å². The Bertz CT molecular complexity index is 578. The first-order chi connectivity index (χ1) is 9.60. The number of rotatable bonds is 6. The third-order valence-electron chi connectivity index (χ3n) is 3.14. The summed E-state index contributed by atoms with van der Waals surface area (Å²) in [7, 11) is 0. The van der Waals surface area contributed by atoms with E-state index in [0.29, 0.717) is 6.61 Å². The molecule has 0 aliphatic rings. The second-order valence-electron chi connectivity index (χ2n) is 4.77. The summed E-state index contributed by atoms with van der Waals surface area (Å²) in [5, 5.41) is 3.30. The molecule has 0 amide bonds. The van der Waals surface area contributed by atoms with Crippen molar-refractivity contribution < 1.29 is 9.15 Å². The zero-order chi connectivity index (χ0) is 14.5. The van der Waals surface area contributed by atoms with E-state index in [-0.39, 0.29) is 0 Å². The van der Waals surface area contributed by atoms with Gasteiger partial charge in [-0.05, 0) is 50.2 Å². The van der Waals surface area contributed by atoms with Gasteiger partial charge in [-0.2, -0.15) is 0 Å². The van der Waals surface area contributed by atoms with Gasteiger partial charge in [-0.3, -0.25) is 0 Å². The van der Waals surface area contributed by atoms with Crippen LogP contribution in [0.25, 0.3) is 0 Å². The Morgan fingerprint density at radius 2 is 2.05 bits per heavy atom. The molecule has 0 spiro atoms. The quantitative estimate of drug-likeness (QED) is 0.850. The molecule has 0 aliphatic carbocycles. The van der Waals surface area contributed by atoms with E-state index in [9.17, 15) is 0 Å². The first kappa shape index (κ1) is 15.1. The van der Waals surface area contributed by atoms with E-state index in [1.807, 2.05) is 32.0 Å². The Morgan fingerprint density at radius 3 is 2.75 bits per heavy atom. The lowest BCUT2D eigenvalue weighted by molar-refractivity contribution is 0.266. The maximum Gasteiger partial charge on any atom is 0.146 e. The number of nitrogens with one attached hydrogen (secondary N) is 1. The second kappa shape index (κ2) is 6.95. The highest BCUT2D eigenvalue weighted by atomic mass is 79.9. The number of benzene rings is 1. The van der Waals surface area contributed by atoms with Gasteiger partial charge in [0.25, 0.3) is 0 Å². The van der Waals surface area contributed by atoms with E-state index in [4.69, 9.17) is 9.15 Å². The molecule has 0 atom stereocenters. The molecule has 0 saturated heterocycles. The first-order valence-electron chi connectivity index (χ1n) is 6.78. The highest BCUT2D eigenvalue weighted by molar-refractivity contribution is 9.10. The molecule has 2 rings (SSSR count). The minimum absolute atomic E-state index is 0.454. The smallest absolute Gasteiger partial charge is 0.146 e. The summed E-state index contributed by atoms with van der Waals surface area (Å²) < 4.78 is 12.6. The molecule has 2 aromatic rings. The summed E-state index contributed by atoms with van der Waals surface area (Å²) in [6.45, 7) is 8.36. The predicted molar refractivity (Wildman–Crippen MR) is 84.0 cm³/mol. The third-order valence-corrected chi connectivity index (χ3v) is 3.64. The van der Waals surface area contributed by atoms with Crippen LogP contribution in [0.15, 0.2) is 33.2 Å². The summed E-state index contributed by atoms with van der Waals surface area (Å²) in [6, 6.07) is 8.05. The van der Waals surface area contributed by atoms with Crippen molar-refractivity contribution in [3.63, 3.8) is 0 Å². The number of hydrogen-bond donors (Lipinski definition) is 1. The Morgan fingerprint density at radius 1 is 1.25 bits per heavy atom. The summed E-state index contributed by atoms with van der Waals surface area (Å²) in [5.74, 6) is 2.70. The third kappa shape index (κ3) is 3.87. The van der Waals surface area contributed by atoms with Crippen molar-refractivity contribution in [1.82, 2.24) is 5.32 Å². The fraction of sp³-hybridized carbons (Fsp3) is 0.375. The van der Waals surface area contributed by atoms with E-state index >= 15 is 0 Å². The normalized spacial score (nSPS) is 10.8. The molecule has 0 bridgehead atoms. The minimum Gasteiger partial charge on any atom is -0.485 e. The van der Waals surface area contributed by atoms with Crippen molar-refractivity contribution in [3.05, 3.63) is 51.4 Å². The van der Waals surface area contributed by atoms with Crippen LogP contribution >= 0.6 is 15.9 Å². The Balaban J connectivity index is 2.00. The molecule has 0 radical (unpaired) electrons. The monoisotopic (exact) mass is 337 g/mol. The molecule has 20 heavy (non-hydrogen) atoms. The van der Waals surface area contributed by atoms with Crippen molar-refractivity contribution >= 4 is 15.9 Å². The minimum atomic E-state index is 0.454. The van der Waals surface area contributed by atoms with Crippen molar-refractivity contribution in [3.8, 4) is 5.75 Å². The van der Waals surface area contributed by atoms with Crippen LogP contribution in [0.5, 0.6) is 5.75 Å². The van der Waals surface area contributed by atoms with Crippen LogP contribution in [0, 0.1) is 13.8 Å². The molecule has 1 heterocycles. The van der Waals surface area contributed by atoms with E-state index in [1.165, 1.54) is 5.56 Å². The van der Waals surface area contributed by atoms with Gasteiger partial charge in [0, 0.05) is 16.6 Å². The van der Waals surface area contributed by atoms with Crippen LogP contribution in [0.1, 0.15) is 29.6 Å². The fourth-order valence-electron chi connectivity index (χ4n) is 2.02. The number of aryl methyl sites for hydroxylation is 2. The lowest BCUT2D eigenvalue weighted by atomic mass is 10.2. The topological polar surface area (TPSA) is 34.4 Å². The molecule has 108 valence electrons. The van der Waals surface area contributed by atoms with Gasteiger partial charge >= 0.3 is 0 Å². The lowest BCUT2D eigenvalue weighted by Gasteiger charge is -2.07. The number of halogens is 1. The van der Waals surface area contributed by atoms with Gasteiger partial charge in [-0.1, -0.05) is 22.9 Å². The molecule has 1 N–H and O–H groups in total. The Hall–Kier alpha value is -1.26. The highest BCUT2D eigenvalue weighted by Crippen LogP contribution is 2.24. The first-order valence-corrected chi connectivity index (χ1v) is 7.57. The molecule has 4 heteroatoms. The van der Waals surface area contributed by atoms with Gasteiger partial charge in [0.2, 0.25) is 0 Å². The van der Waals surface area contributed by atoms with E-state index in [0.717, 1.165) is 40.4 Å². The Kier molecular flexibility index (Phi) is 5.26. The van der Waals surface area contributed by atoms with Crippen LogP contribution in [-0.4, -0.2) is 6.54 Å². The molecule has 3 nitrogen and oxygen atoms in total. The SMILES string of the molecule is CCNCc1cc(COc2ccc(Br)cc2C)oc1C. The van der Waals surface area contributed by atoms with Crippen LogP contribution < -0.4 is 10.1 Å². The van der Waals surface area contributed by atoms with Gasteiger partial charge in [0.15, 0.2) is 0 Å². The number of hydrogen-bond acceptors (Lipinski definition) is 3. The summed E-state index contributed by atoms with van der Waals surface area (Å²) in [5.41, 5.74) is 2.30. The summed E-state index contributed by atoms with van der Waals surface area (Å²) in [6.07, 6.45) is 0. The standard InChI is InChI=1S/C16H20BrNO2/c1-4-18-9-13-8-15(20-12(13)3)10-19-16-6-5-14(17)7-11(16)2/h5-8,18H,4,9-10H2,1-3H3. The number of furan rings is 1. The van der Waals surface area contributed by atoms with Crippen molar-refractivity contribution in [2.75, 3.05) is 6.54 Å². The second-order valence-corrected chi connectivity index (χ2v) is 5.69. The molecular weight excluding hydrogens is 318 g/mol. The molecule has 0 unspecified atom stereocenters. The van der Waals surface area contributed by atoms with Gasteiger partial charge in [0.1, 0.15) is 23.9 Å². The van der Waals surface area contributed by atoms with E-state index in [1.54, 1.807) is 0 Å². The van der Waals surface area contributed by atoms with Crippen LogP contribution in [0.2, 0.25) is 0 Å². The van der Waals surface area contributed by atoms with Crippen molar-refractivity contribution in [1.29, 1.82) is 0 Å². The fourth-order valence-corrected chi connectivity index (χ4v) is 2.49. The van der Waals surface area contributed by atoms with Gasteiger partial charge in [-0.15, -0.1) is 0 Å². The van der Waals surface area contributed by atoms with Crippen LogP contribution in [-0.2, 0) is 13.2 Å². The molecule has 1 aromatic carbocycles. The summed E-state index contributed by atoms with van der Waals surface area (Å²) >= 11 is 3.45. The molecule has 0 fully saturated rings. The maximum atomic E-state index is 5.82. The molecule has 0 saturated carbocycles. The van der Waals surface area contributed by atoms with E-state index in [2.05, 4.69) is 34.2 Å². The average molecular weight is 338 g/mol. The Labute approximate surface area is 128 Å². The predicted octanol–water partition coefficient (Wildman–Crippen LogP) is 4.35. The molecule has 0 aliphatic heterocycles. The summed E-state index contributed by atoms with van der Waals surface area (Å²) in [4.78, 5) is 0. The van der Waals surface area contributed by atoms with Crippen LogP contribution in [0.4, 0.5) is 0 Å². The lowest BCUT2D eigenvalue weighted by Crippen LogP contribution is -2.11. The van der Waals surface area contributed by atoms with Gasteiger partial charge in [-0.25, -0.2) is 0 Å². The van der Waals surface area contributed by atoms with Gasteiger partial charge < -0.3 is 14.5 Å². The zero-order valence-electron chi connectivity index (χ0n) is 12.1. The highest BCUT2D eigenvalue weighted by Gasteiger charge is 2.08. The van der Waals surface area contributed by atoms with Crippen LogP contribution in [0.3, 0.4) is 0 Å². The van der Waals surface area contributed by atoms with Crippen molar-refractivity contribution in [2.24, 2.45) is 0 Å². The largest absolute Gasteiger partial charge is 0.485 e. The number of ether oxygens (including phenoxy) is 1. The van der Waals surface area contributed by atoms with Gasteiger partial charge in [0.05, 0.1) is 0 Å². The average Bonchev–Trinajstić information content (AvgIpc) is 2.76. The zero-order valence-corrected chi connectivity index (χ0v) is 13.7. The molecular formula is C16H20BrNO2. The molecule has 1 aromatic heterocycles.